The minimum absolute atomic E-state index is 0.155. The average Bonchev–Trinajstić information content (AvgIpc) is 1.85. The molecule has 0 aromatic rings. The van der Waals surface area contributed by atoms with Crippen molar-refractivity contribution in [2.45, 2.75) is 18.1 Å². The molecule has 0 rings (SSSR count). The molecule has 0 aliphatic rings. The maximum Gasteiger partial charge on any atom is 0.150 e. The largest absolute Gasteiger partial charge is 0.396 e. The fourth-order valence-corrected chi connectivity index (χ4v) is 1.93. The highest BCUT2D eigenvalue weighted by atomic mass is 32.2. The van der Waals surface area contributed by atoms with E-state index in [1.54, 1.807) is 0 Å². The second-order valence-corrected chi connectivity index (χ2v) is 4.80. The van der Waals surface area contributed by atoms with Crippen LogP contribution in [-0.4, -0.2) is 43.4 Å². The van der Waals surface area contributed by atoms with Crippen molar-refractivity contribution < 1.29 is 18.6 Å². The first-order chi connectivity index (χ1) is 5.02. The van der Waals surface area contributed by atoms with Crippen LogP contribution in [0.2, 0.25) is 0 Å². The number of hydrogen-bond acceptors (Lipinski definition) is 4. The molecule has 0 saturated heterocycles. The maximum absolute atomic E-state index is 10.9. The molecule has 0 radical (unpaired) electrons. The van der Waals surface area contributed by atoms with Crippen LogP contribution in [0.1, 0.15) is 12.8 Å². The van der Waals surface area contributed by atoms with Gasteiger partial charge in [0.25, 0.3) is 0 Å². The van der Waals surface area contributed by atoms with Crippen LogP contribution in [0.15, 0.2) is 0 Å². The monoisotopic (exact) mass is 182 g/mol. The molecule has 0 atom stereocenters. The van der Waals surface area contributed by atoms with Crippen LogP contribution in [0, 0.1) is 0 Å². The first-order valence-corrected chi connectivity index (χ1v) is 5.38. The SMILES string of the molecule is CS(=O)(=O)C(CCO)CCO. The summed E-state index contributed by atoms with van der Waals surface area (Å²) in [4.78, 5) is 0. The number of aliphatic hydroxyl groups is 2. The molecule has 0 bridgehead atoms. The Hall–Kier alpha value is -0.130. The third kappa shape index (κ3) is 4.34. The molecule has 0 aromatic heterocycles. The average molecular weight is 182 g/mol. The molecule has 0 aliphatic carbocycles. The summed E-state index contributed by atoms with van der Waals surface area (Å²) in [6.07, 6.45) is 1.53. The van der Waals surface area contributed by atoms with Crippen molar-refractivity contribution in [1.82, 2.24) is 0 Å². The Morgan fingerprint density at radius 2 is 1.55 bits per heavy atom. The van der Waals surface area contributed by atoms with E-state index >= 15 is 0 Å². The van der Waals surface area contributed by atoms with Gasteiger partial charge < -0.3 is 10.2 Å². The zero-order valence-corrected chi connectivity index (χ0v) is 7.34. The van der Waals surface area contributed by atoms with E-state index in [0.717, 1.165) is 6.26 Å². The molecule has 5 heteroatoms. The zero-order valence-electron chi connectivity index (χ0n) is 6.52. The minimum atomic E-state index is -3.11. The Bertz CT molecular complexity index is 179. The fourth-order valence-electron chi connectivity index (χ4n) is 0.860. The number of rotatable bonds is 5. The van der Waals surface area contributed by atoms with Gasteiger partial charge in [0.1, 0.15) is 9.84 Å². The number of sulfone groups is 1. The minimum Gasteiger partial charge on any atom is -0.396 e. The van der Waals surface area contributed by atoms with Crippen molar-refractivity contribution in [3.05, 3.63) is 0 Å². The van der Waals surface area contributed by atoms with Gasteiger partial charge in [-0.2, -0.15) is 0 Å². The molecule has 0 fully saturated rings. The first-order valence-electron chi connectivity index (χ1n) is 3.43. The molecular weight excluding hydrogens is 168 g/mol. The predicted octanol–water partition coefficient (Wildman–Crippen LogP) is -0.836. The molecule has 0 heterocycles. The van der Waals surface area contributed by atoms with Gasteiger partial charge in [0, 0.05) is 19.5 Å². The molecule has 4 nitrogen and oxygen atoms in total. The van der Waals surface area contributed by atoms with Crippen LogP contribution in [0.4, 0.5) is 0 Å². The third-order valence-electron chi connectivity index (χ3n) is 1.51. The second-order valence-electron chi connectivity index (χ2n) is 2.48. The van der Waals surface area contributed by atoms with Gasteiger partial charge in [0.2, 0.25) is 0 Å². The maximum atomic E-state index is 10.9. The zero-order chi connectivity index (χ0) is 8.91. The van der Waals surface area contributed by atoms with Crippen molar-refractivity contribution in [3.8, 4) is 0 Å². The summed E-state index contributed by atoms with van der Waals surface area (Å²) in [6.45, 7) is -0.310. The van der Waals surface area contributed by atoms with Gasteiger partial charge in [-0.05, 0) is 12.8 Å². The molecule has 0 amide bonds. The summed E-state index contributed by atoms with van der Waals surface area (Å²) in [5, 5.41) is 16.4. The topological polar surface area (TPSA) is 74.6 Å². The molecule has 0 saturated carbocycles. The summed E-state index contributed by atoms with van der Waals surface area (Å²) in [5.41, 5.74) is 0. The second kappa shape index (κ2) is 4.69. The van der Waals surface area contributed by atoms with Gasteiger partial charge in [0.05, 0.1) is 5.25 Å². The molecule has 2 N–H and O–H groups in total. The molecular formula is C6H14O4S. The normalized spacial score (nSPS) is 12.4. The highest BCUT2D eigenvalue weighted by Crippen LogP contribution is 2.07. The molecule has 68 valence electrons. The Balaban J connectivity index is 4.11. The van der Waals surface area contributed by atoms with E-state index < -0.39 is 15.1 Å². The lowest BCUT2D eigenvalue weighted by atomic mass is 10.2. The van der Waals surface area contributed by atoms with Crippen molar-refractivity contribution >= 4 is 9.84 Å². The molecule has 0 spiro atoms. The Labute approximate surface area is 66.8 Å². The van der Waals surface area contributed by atoms with Crippen LogP contribution < -0.4 is 0 Å². The summed E-state index contributed by atoms with van der Waals surface area (Å²) >= 11 is 0. The van der Waals surface area contributed by atoms with Crippen molar-refractivity contribution in [3.63, 3.8) is 0 Å². The lowest BCUT2D eigenvalue weighted by Gasteiger charge is -2.10. The van der Waals surface area contributed by atoms with Crippen LogP contribution in [0.25, 0.3) is 0 Å². The van der Waals surface area contributed by atoms with Crippen LogP contribution in [0.3, 0.4) is 0 Å². The molecule has 0 aliphatic heterocycles. The van der Waals surface area contributed by atoms with Gasteiger partial charge in [-0.15, -0.1) is 0 Å². The van der Waals surface area contributed by atoms with E-state index in [-0.39, 0.29) is 26.1 Å². The van der Waals surface area contributed by atoms with Gasteiger partial charge in [0.15, 0.2) is 0 Å². The quantitative estimate of drug-likeness (QED) is 0.581. The highest BCUT2D eigenvalue weighted by molar-refractivity contribution is 7.91. The lowest BCUT2D eigenvalue weighted by Crippen LogP contribution is -2.22. The fraction of sp³-hybridized carbons (Fsp3) is 1.00. The molecule has 0 unspecified atom stereocenters. The summed E-state index contributed by atoms with van der Waals surface area (Å²) < 4.78 is 21.8. The van der Waals surface area contributed by atoms with Gasteiger partial charge >= 0.3 is 0 Å². The molecule has 0 aromatic carbocycles. The van der Waals surface area contributed by atoms with Crippen LogP contribution >= 0.6 is 0 Å². The Morgan fingerprint density at radius 3 is 1.73 bits per heavy atom. The van der Waals surface area contributed by atoms with Gasteiger partial charge in [-0.25, -0.2) is 8.42 Å². The summed E-state index contributed by atoms with van der Waals surface area (Å²) in [7, 11) is -3.11. The van der Waals surface area contributed by atoms with E-state index in [1.807, 2.05) is 0 Å². The van der Waals surface area contributed by atoms with E-state index in [0.29, 0.717) is 0 Å². The predicted molar refractivity (Wildman–Crippen MR) is 42.0 cm³/mol. The van der Waals surface area contributed by atoms with E-state index in [1.165, 1.54) is 0 Å². The van der Waals surface area contributed by atoms with E-state index in [9.17, 15) is 8.42 Å². The standard InChI is InChI=1S/C6H14O4S/c1-11(9,10)6(2-4-7)3-5-8/h6-8H,2-5H2,1H3. The highest BCUT2D eigenvalue weighted by Gasteiger charge is 2.18. The first kappa shape index (κ1) is 10.9. The van der Waals surface area contributed by atoms with Crippen molar-refractivity contribution in [2.75, 3.05) is 19.5 Å². The van der Waals surface area contributed by atoms with E-state index in [4.69, 9.17) is 10.2 Å². The molecule has 11 heavy (non-hydrogen) atoms. The number of hydrogen-bond donors (Lipinski definition) is 2. The summed E-state index contributed by atoms with van der Waals surface area (Å²) in [5.74, 6) is 0. The smallest absolute Gasteiger partial charge is 0.150 e. The Kier molecular flexibility index (Phi) is 4.63. The van der Waals surface area contributed by atoms with Crippen molar-refractivity contribution in [2.24, 2.45) is 0 Å². The number of aliphatic hydroxyl groups excluding tert-OH is 2. The summed E-state index contributed by atoms with van der Waals surface area (Å²) in [6, 6.07) is 0. The van der Waals surface area contributed by atoms with Crippen LogP contribution in [0.5, 0.6) is 0 Å². The van der Waals surface area contributed by atoms with Gasteiger partial charge in [-0.1, -0.05) is 0 Å². The van der Waals surface area contributed by atoms with Gasteiger partial charge in [-0.3, -0.25) is 0 Å². The van der Waals surface area contributed by atoms with Crippen LogP contribution in [-0.2, 0) is 9.84 Å². The third-order valence-corrected chi connectivity index (χ3v) is 3.19. The lowest BCUT2D eigenvalue weighted by molar-refractivity contribution is 0.257. The Morgan fingerprint density at radius 1 is 1.18 bits per heavy atom. The van der Waals surface area contributed by atoms with E-state index in [2.05, 4.69) is 0 Å². The van der Waals surface area contributed by atoms with Crippen molar-refractivity contribution in [1.29, 1.82) is 0 Å².